The Morgan fingerprint density at radius 1 is 1.10 bits per heavy atom. The quantitative estimate of drug-likeness (QED) is 0.683. The molecule has 3 heterocycles. The molecule has 0 bridgehead atoms. The second-order valence-corrected chi connectivity index (χ2v) is 7.39. The summed E-state index contributed by atoms with van der Waals surface area (Å²) in [7, 11) is 1.76. The molecule has 2 aliphatic heterocycles. The average molecular weight is 393 g/mol. The van der Waals surface area contributed by atoms with Crippen LogP contribution in [0.2, 0.25) is 0 Å². The Morgan fingerprint density at radius 3 is 2.72 bits per heavy atom. The van der Waals surface area contributed by atoms with Gasteiger partial charge in [-0.3, -0.25) is 9.48 Å². The molecule has 5 rings (SSSR count). The van der Waals surface area contributed by atoms with E-state index in [-0.39, 0.29) is 24.4 Å². The third kappa shape index (κ3) is 3.22. The maximum absolute atomic E-state index is 13.2. The van der Waals surface area contributed by atoms with E-state index in [0.29, 0.717) is 24.5 Å². The van der Waals surface area contributed by atoms with Crippen LogP contribution in [0.3, 0.4) is 0 Å². The van der Waals surface area contributed by atoms with Crippen molar-refractivity contribution < 1.29 is 18.7 Å². The van der Waals surface area contributed by atoms with Crippen LogP contribution in [0.5, 0.6) is 11.5 Å². The second-order valence-electron chi connectivity index (χ2n) is 7.39. The van der Waals surface area contributed by atoms with E-state index < -0.39 is 0 Å². The van der Waals surface area contributed by atoms with E-state index in [0.717, 1.165) is 29.0 Å². The van der Waals surface area contributed by atoms with Gasteiger partial charge < -0.3 is 14.4 Å². The first-order valence-corrected chi connectivity index (χ1v) is 9.57. The molecule has 7 heteroatoms. The maximum atomic E-state index is 13.2. The highest BCUT2D eigenvalue weighted by Gasteiger charge is 2.30. The number of carbonyl (C=O) groups excluding carboxylic acids is 1. The fourth-order valence-electron chi connectivity index (χ4n) is 3.98. The van der Waals surface area contributed by atoms with Crippen molar-refractivity contribution in [3.8, 4) is 22.8 Å². The first kappa shape index (κ1) is 17.7. The van der Waals surface area contributed by atoms with Gasteiger partial charge in [-0.1, -0.05) is 6.07 Å². The molecule has 148 valence electrons. The Bertz CT molecular complexity index is 1080. The standard InChI is InChI=1S/C22H20FN3O3/c1-25-19(11-18(24-25)14-2-5-17(23)6-3-14)22(27)26-9-8-16(12-26)15-4-7-20-21(10-15)29-13-28-20/h2-7,10-11,16H,8-9,12-13H2,1H3. The summed E-state index contributed by atoms with van der Waals surface area (Å²) in [5, 5.41) is 4.44. The van der Waals surface area contributed by atoms with Crippen LogP contribution in [-0.2, 0) is 7.05 Å². The molecule has 1 atom stereocenters. The molecular weight excluding hydrogens is 373 g/mol. The zero-order valence-electron chi connectivity index (χ0n) is 16.0. The van der Waals surface area contributed by atoms with Crippen molar-refractivity contribution in [1.29, 1.82) is 0 Å². The van der Waals surface area contributed by atoms with Gasteiger partial charge in [0.25, 0.3) is 5.91 Å². The monoisotopic (exact) mass is 393 g/mol. The van der Waals surface area contributed by atoms with Gasteiger partial charge in [-0.2, -0.15) is 5.10 Å². The molecule has 0 N–H and O–H groups in total. The zero-order valence-corrected chi connectivity index (χ0v) is 16.0. The summed E-state index contributed by atoms with van der Waals surface area (Å²) in [4.78, 5) is 15.0. The van der Waals surface area contributed by atoms with Crippen LogP contribution in [0.1, 0.15) is 28.4 Å². The summed E-state index contributed by atoms with van der Waals surface area (Å²) in [5.41, 5.74) is 3.11. The van der Waals surface area contributed by atoms with Crippen LogP contribution < -0.4 is 9.47 Å². The number of hydrogen-bond donors (Lipinski definition) is 0. The van der Waals surface area contributed by atoms with Gasteiger partial charge in [0.2, 0.25) is 6.79 Å². The molecule has 0 radical (unpaired) electrons. The third-order valence-corrected chi connectivity index (χ3v) is 5.58. The molecule has 1 fully saturated rings. The number of halogens is 1. The van der Waals surface area contributed by atoms with E-state index in [1.807, 2.05) is 23.1 Å². The van der Waals surface area contributed by atoms with Gasteiger partial charge in [0.1, 0.15) is 11.5 Å². The van der Waals surface area contributed by atoms with Gasteiger partial charge >= 0.3 is 0 Å². The first-order valence-electron chi connectivity index (χ1n) is 9.57. The number of amides is 1. The van der Waals surface area contributed by atoms with Gasteiger partial charge in [-0.15, -0.1) is 0 Å². The number of hydrogen-bond acceptors (Lipinski definition) is 4. The normalized spacial score (nSPS) is 17.7. The van der Waals surface area contributed by atoms with Crippen molar-refractivity contribution in [1.82, 2.24) is 14.7 Å². The fourth-order valence-corrected chi connectivity index (χ4v) is 3.98. The number of nitrogens with zero attached hydrogens (tertiary/aromatic N) is 3. The van der Waals surface area contributed by atoms with Gasteiger partial charge in [0.05, 0.1) is 5.69 Å². The van der Waals surface area contributed by atoms with Crippen molar-refractivity contribution >= 4 is 5.91 Å². The van der Waals surface area contributed by atoms with Crippen molar-refractivity contribution in [2.45, 2.75) is 12.3 Å². The number of aromatic nitrogens is 2. The largest absolute Gasteiger partial charge is 0.454 e. The topological polar surface area (TPSA) is 56.6 Å². The number of rotatable bonds is 3. The Balaban J connectivity index is 1.33. The smallest absolute Gasteiger partial charge is 0.272 e. The summed E-state index contributed by atoms with van der Waals surface area (Å²) in [5.74, 6) is 1.45. The fraction of sp³-hybridized carbons (Fsp3) is 0.273. The molecule has 1 saturated heterocycles. The summed E-state index contributed by atoms with van der Waals surface area (Å²) in [6.07, 6.45) is 0.897. The van der Waals surface area contributed by atoms with Crippen LogP contribution >= 0.6 is 0 Å². The number of ether oxygens (including phenoxy) is 2. The van der Waals surface area contributed by atoms with Crippen LogP contribution in [0, 0.1) is 5.82 Å². The highest BCUT2D eigenvalue weighted by atomic mass is 19.1. The lowest BCUT2D eigenvalue weighted by Crippen LogP contribution is -2.30. The number of aryl methyl sites for hydroxylation is 1. The Hall–Kier alpha value is -3.35. The van der Waals surface area contributed by atoms with Gasteiger partial charge in [-0.25, -0.2) is 4.39 Å². The lowest BCUT2D eigenvalue weighted by Gasteiger charge is -2.16. The molecule has 3 aromatic rings. The summed E-state index contributed by atoms with van der Waals surface area (Å²) in [6.45, 7) is 1.59. The molecular formula is C22H20FN3O3. The predicted octanol–water partition coefficient (Wildman–Crippen LogP) is 3.58. The van der Waals surface area contributed by atoms with E-state index in [2.05, 4.69) is 5.10 Å². The lowest BCUT2D eigenvalue weighted by atomic mass is 9.98. The number of carbonyl (C=O) groups is 1. The minimum absolute atomic E-state index is 0.0448. The van der Waals surface area contributed by atoms with E-state index in [1.165, 1.54) is 12.1 Å². The molecule has 2 aliphatic rings. The minimum Gasteiger partial charge on any atom is -0.454 e. The predicted molar refractivity (Wildman–Crippen MR) is 104 cm³/mol. The summed E-state index contributed by atoms with van der Waals surface area (Å²) in [6, 6.07) is 13.9. The highest BCUT2D eigenvalue weighted by Crippen LogP contribution is 2.37. The van der Waals surface area contributed by atoms with Crippen LogP contribution in [-0.4, -0.2) is 40.5 Å². The Morgan fingerprint density at radius 2 is 1.90 bits per heavy atom. The van der Waals surface area contributed by atoms with E-state index in [9.17, 15) is 9.18 Å². The molecule has 6 nitrogen and oxygen atoms in total. The van der Waals surface area contributed by atoms with Crippen molar-refractivity contribution in [3.05, 3.63) is 65.6 Å². The summed E-state index contributed by atoms with van der Waals surface area (Å²) < 4.78 is 25.6. The highest BCUT2D eigenvalue weighted by molar-refractivity contribution is 5.94. The first-order chi connectivity index (χ1) is 14.1. The molecule has 0 aliphatic carbocycles. The number of benzene rings is 2. The second kappa shape index (κ2) is 6.92. The number of likely N-dealkylation sites (tertiary alicyclic amines) is 1. The zero-order chi connectivity index (χ0) is 20.0. The van der Waals surface area contributed by atoms with Gasteiger partial charge in [0, 0.05) is 31.6 Å². The summed E-state index contributed by atoms with van der Waals surface area (Å²) >= 11 is 0. The van der Waals surface area contributed by atoms with Crippen LogP contribution in [0.4, 0.5) is 4.39 Å². The molecule has 2 aromatic carbocycles. The number of fused-ring (bicyclic) bond motifs is 1. The Labute approximate surface area is 167 Å². The van der Waals surface area contributed by atoms with E-state index in [4.69, 9.17) is 9.47 Å². The van der Waals surface area contributed by atoms with Crippen molar-refractivity contribution in [3.63, 3.8) is 0 Å². The van der Waals surface area contributed by atoms with Crippen LogP contribution in [0.15, 0.2) is 48.5 Å². The average Bonchev–Trinajstić information content (AvgIpc) is 3.47. The van der Waals surface area contributed by atoms with Crippen molar-refractivity contribution in [2.24, 2.45) is 7.05 Å². The van der Waals surface area contributed by atoms with Crippen molar-refractivity contribution in [2.75, 3.05) is 19.9 Å². The van der Waals surface area contributed by atoms with E-state index in [1.54, 1.807) is 29.9 Å². The van der Waals surface area contributed by atoms with Crippen LogP contribution in [0.25, 0.3) is 11.3 Å². The van der Waals surface area contributed by atoms with Gasteiger partial charge in [0.15, 0.2) is 11.5 Å². The Kier molecular flexibility index (Phi) is 4.23. The lowest BCUT2D eigenvalue weighted by molar-refractivity contribution is 0.0780. The minimum atomic E-state index is -0.299. The molecule has 0 saturated carbocycles. The molecule has 1 aromatic heterocycles. The molecule has 1 unspecified atom stereocenters. The third-order valence-electron chi connectivity index (χ3n) is 5.58. The molecule has 0 spiro atoms. The van der Waals surface area contributed by atoms with Gasteiger partial charge in [-0.05, 0) is 54.4 Å². The SMILES string of the molecule is Cn1nc(-c2ccc(F)cc2)cc1C(=O)N1CCC(c2ccc3c(c2)OCO3)C1. The molecule has 1 amide bonds. The molecule has 29 heavy (non-hydrogen) atoms. The van der Waals surface area contributed by atoms with E-state index >= 15 is 0 Å². The maximum Gasteiger partial charge on any atom is 0.272 e.